The third kappa shape index (κ3) is 4.44. The average molecular weight is 301 g/mol. The molecule has 0 fully saturated rings. The van der Waals surface area contributed by atoms with Gasteiger partial charge in [-0.05, 0) is 31.2 Å². The van der Waals surface area contributed by atoms with Gasteiger partial charge in [0.1, 0.15) is 5.75 Å². The quantitative estimate of drug-likeness (QED) is 0.757. The molecule has 1 N–H and O–H groups in total. The monoisotopic (exact) mass is 301 g/mol. The fraction of sp³-hybridized carbons (Fsp3) is 0.312. The summed E-state index contributed by atoms with van der Waals surface area (Å²) in [7, 11) is 0. The van der Waals surface area contributed by atoms with Gasteiger partial charge in [0, 0.05) is 24.9 Å². The Hall–Kier alpha value is -2.63. The molecule has 0 radical (unpaired) electrons. The van der Waals surface area contributed by atoms with E-state index < -0.39 is 0 Å². The van der Waals surface area contributed by atoms with Crippen LogP contribution in [0.5, 0.6) is 5.75 Å². The van der Waals surface area contributed by atoms with E-state index >= 15 is 0 Å². The Labute approximate surface area is 129 Å². The van der Waals surface area contributed by atoms with Crippen molar-refractivity contribution in [2.45, 2.75) is 19.8 Å². The number of aromatic nitrogens is 2. The highest BCUT2D eigenvalue weighted by molar-refractivity contribution is 5.76. The van der Waals surface area contributed by atoms with Crippen molar-refractivity contribution in [3.8, 4) is 17.1 Å². The van der Waals surface area contributed by atoms with Gasteiger partial charge in [0.15, 0.2) is 0 Å². The van der Waals surface area contributed by atoms with Crippen molar-refractivity contribution >= 4 is 5.91 Å². The second-order valence-electron chi connectivity index (χ2n) is 4.56. The Morgan fingerprint density at radius 2 is 2.18 bits per heavy atom. The lowest BCUT2D eigenvalue weighted by Crippen LogP contribution is -2.23. The molecule has 0 aliphatic heterocycles. The van der Waals surface area contributed by atoms with E-state index in [0.29, 0.717) is 37.7 Å². The van der Waals surface area contributed by atoms with E-state index in [2.05, 4.69) is 22.0 Å². The van der Waals surface area contributed by atoms with Gasteiger partial charge in [0.25, 0.3) is 0 Å². The predicted octanol–water partition coefficient (Wildman–Crippen LogP) is 2.37. The third-order valence-corrected chi connectivity index (χ3v) is 2.90. The van der Waals surface area contributed by atoms with Crippen LogP contribution < -0.4 is 10.1 Å². The topological polar surface area (TPSA) is 77.2 Å². The summed E-state index contributed by atoms with van der Waals surface area (Å²) in [4.78, 5) is 15.8. The van der Waals surface area contributed by atoms with Gasteiger partial charge >= 0.3 is 0 Å². The number of nitrogens with one attached hydrogen (secondary N) is 1. The standard InChI is InChI=1S/C16H19N3O3/c1-3-11-17-14(20)9-10-15-18-16(19-22-15)12-5-7-13(8-6-12)21-4-2/h3,5-8H,1,4,9-11H2,2H3,(H,17,20). The van der Waals surface area contributed by atoms with Crippen LogP contribution in [0.3, 0.4) is 0 Å². The highest BCUT2D eigenvalue weighted by Gasteiger charge is 2.10. The van der Waals surface area contributed by atoms with Crippen molar-refractivity contribution in [2.24, 2.45) is 0 Å². The first kappa shape index (κ1) is 15.8. The van der Waals surface area contributed by atoms with E-state index in [0.717, 1.165) is 11.3 Å². The first-order chi connectivity index (χ1) is 10.7. The smallest absolute Gasteiger partial charge is 0.227 e. The van der Waals surface area contributed by atoms with Crippen LogP contribution >= 0.6 is 0 Å². The zero-order chi connectivity index (χ0) is 15.8. The number of rotatable bonds is 8. The molecule has 1 heterocycles. The molecule has 0 saturated heterocycles. The van der Waals surface area contributed by atoms with E-state index in [-0.39, 0.29) is 5.91 Å². The third-order valence-electron chi connectivity index (χ3n) is 2.90. The SMILES string of the molecule is C=CCNC(=O)CCc1nc(-c2ccc(OCC)cc2)no1. The zero-order valence-electron chi connectivity index (χ0n) is 12.5. The molecule has 0 aliphatic rings. The highest BCUT2D eigenvalue weighted by atomic mass is 16.5. The summed E-state index contributed by atoms with van der Waals surface area (Å²) in [6.07, 6.45) is 2.35. The molecule has 2 aromatic rings. The summed E-state index contributed by atoms with van der Waals surface area (Å²) < 4.78 is 10.5. The first-order valence-electron chi connectivity index (χ1n) is 7.16. The first-order valence-corrected chi connectivity index (χ1v) is 7.16. The van der Waals surface area contributed by atoms with Gasteiger partial charge in [-0.25, -0.2) is 0 Å². The van der Waals surface area contributed by atoms with Gasteiger partial charge in [-0.2, -0.15) is 4.98 Å². The van der Waals surface area contributed by atoms with Crippen molar-refractivity contribution in [3.05, 3.63) is 42.8 Å². The second-order valence-corrected chi connectivity index (χ2v) is 4.56. The largest absolute Gasteiger partial charge is 0.494 e. The van der Waals surface area contributed by atoms with Crippen LogP contribution in [0.15, 0.2) is 41.4 Å². The molecule has 6 nitrogen and oxygen atoms in total. The maximum absolute atomic E-state index is 11.5. The molecule has 22 heavy (non-hydrogen) atoms. The fourth-order valence-corrected chi connectivity index (χ4v) is 1.84. The lowest BCUT2D eigenvalue weighted by molar-refractivity contribution is -0.120. The van der Waals surface area contributed by atoms with Crippen molar-refractivity contribution in [1.82, 2.24) is 15.5 Å². The minimum absolute atomic E-state index is 0.0688. The van der Waals surface area contributed by atoms with E-state index in [1.54, 1.807) is 6.08 Å². The molecule has 2 rings (SSSR count). The van der Waals surface area contributed by atoms with Gasteiger partial charge in [-0.1, -0.05) is 11.2 Å². The summed E-state index contributed by atoms with van der Waals surface area (Å²) in [5, 5.41) is 6.63. The lowest BCUT2D eigenvalue weighted by Gasteiger charge is -2.02. The van der Waals surface area contributed by atoms with Gasteiger partial charge in [0.2, 0.25) is 17.6 Å². The van der Waals surface area contributed by atoms with Crippen LogP contribution in [0, 0.1) is 0 Å². The normalized spacial score (nSPS) is 10.2. The summed E-state index contributed by atoms with van der Waals surface area (Å²) in [6, 6.07) is 7.46. The van der Waals surface area contributed by atoms with Gasteiger partial charge in [-0.15, -0.1) is 6.58 Å². The van der Waals surface area contributed by atoms with Gasteiger partial charge < -0.3 is 14.6 Å². The van der Waals surface area contributed by atoms with E-state index in [4.69, 9.17) is 9.26 Å². The lowest BCUT2D eigenvalue weighted by atomic mass is 10.2. The molecule has 6 heteroatoms. The molecule has 0 saturated carbocycles. The number of amides is 1. The Morgan fingerprint density at radius 1 is 1.41 bits per heavy atom. The maximum Gasteiger partial charge on any atom is 0.227 e. The number of benzene rings is 1. The molecular formula is C16H19N3O3. The van der Waals surface area contributed by atoms with Crippen LogP contribution in [-0.2, 0) is 11.2 Å². The number of hydrogen-bond acceptors (Lipinski definition) is 5. The number of carbonyl (C=O) groups excluding carboxylic acids is 1. The predicted molar refractivity (Wildman–Crippen MR) is 82.4 cm³/mol. The van der Waals surface area contributed by atoms with Crippen LogP contribution in [0.2, 0.25) is 0 Å². The average Bonchev–Trinajstić information content (AvgIpc) is 3.01. The molecule has 1 amide bonds. The Morgan fingerprint density at radius 3 is 2.86 bits per heavy atom. The Bertz CT molecular complexity index is 620. The van der Waals surface area contributed by atoms with Crippen LogP contribution in [0.25, 0.3) is 11.4 Å². The van der Waals surface area contributed by atoms with E-state index in [1.807, 2.05) is 31.2 Å². The summed E-state index contributed by atoms with van der Waals surface area (Å²) in [5.41, 5.74) is 0.842. The van der Waals surface area contributed by atoms with Crippen molar-refractivity contribution in [2.75, 3.05) is 13.2 Å². The molecule has 0 spiro atoms. The Kier molecular flexibility index (Phi) is 5.71. The van der Waals surface area contributed by atoms with Gasteiger partial charge in [0.05, 0.1) is 6.61 Å². The number of hydrogen-bond donors (Lipinski definition) is 1. The number of carbonyl (C=O) groups is 1. The zero-order valence-corrected chi connectivity index (χ0v) is 12.5. The van der Waals surface area contributed by atoms with E-state index in [1.165, 1.54) is 0 Å². The summed E-state index contributed by atoms with van der Waals surface area (Å²) in [5.74, 6) is 1.68. The van der Waals surface area contributed by atoms with Crippen molar-refractivity contribution in [3.63, 3.8) is 0 Å². The number of aryl methyl sites for hydroxylation is 1. The van der Waals surface area contributed by atoms with Crippen LogP contribution in [0.1, 0.15) is 19.2 Å². The highest BCUT2D eigenvalue weighted by Crippen LogP contribution is 2.20. The maximum atomic E-state index is 11.5. The molecule has 1 aromatic heterocycles. The molecule has 0 aliphatic carbocycles. The van der Waals surface area contributed by atoms with Crippen molar-refractivity contribution in [1.29, 1.82) is 0 Å². The molecule has 0 unspecified atom stereocenters. The molecule has 1 aromatic carbocycles. The number of nitrogens with zero attached hydrogens (tertiary/aromatic N) is 2. The molecular weight excluding hydrogens is 282 g/mol. The molecule has 116 valence electrons. The Balaban J connectivity index is 1.93. The van der Waals surface area contributed by atoms with Crippen molar-refractivity contribution < 1.29 is 14.1 Å². The van der Waals surface area contributed by atoms with Crippen LogP contribution in [-0.4, -0.2) is 29.2 Å². The second kappa shape index (κ2) is 7.97. The summed E-state index contributed by atoms with van der Waals surface area (Å²) in [6.45, 7) is 6.56. The fourth-order valence-electron chi connectivity index (χ4n) is 1.84. The minimum atomic E-state index is -0.0688. The molecule has 0 bridgehead atoms. The summed E-state index contributed by atoms with van der Waals surface area (Å²) >= 11 is 0. The van der Waals surface area contributed by atoms with Gasteiger partial charge in [-0.3, -0.25) is 4.79 Å². The molecule has 0 atom stereocenters. The van der Waals surface area contributed by atoms with Crippen LogP contribution in [0.4, 0.5) is 0 Å². The minimum Gasteiger partial charge on any atom is -0.494 e. The number of ether oxygens (including phenoxy) is 1. The van der Waals surface area contributed by atoms with E-state index in [9.17, 15) is 4.79 Å².